The van der Waals surface area contributed by atoms with Crippen molar-refractivity contribution >= 4 is 25.6 Å². The molecule has 0 unspecified atom stereocenters. The molecule has 21 heavy (non-hydrogen) atoms. The van der Waals surface area contributed by atoms with Gasteiger partial charge in [-0.2, -0.15) is 0 Å². The third kappa shape index (κ3) is 3.74. The lowest BCUT2D eigenvalue weighted by Gasteiger charge is -2.38. The van der Waals surface area contributed by atoms with E-state index >= 15 is 0 Å². The average Bonchev–Trinajstić information content (AvgIpc) is 2.35. The summed E-state index contributed by atoms with van der Waals surface area (Å²) in [6, 6.07) is 2.94. The fraction of sp³-hybridized carbons (Fsp3) is 0.500. The molecular weight excluding hydrogens is 317 g/mol. The highest BCUT2D eigenvalue weighted by Crippen LogP contribution is 2.30. The summed E-state index contributed by atoms with van der Waals surface area (Å²) in [6.45, 7) is 5.11. The number of piperidine rings is 1. The van der Waals surface area contributed by atoms with Crippen LogP contribution in [-0.2, 0) is 9.05 Å². The SMILES string of the molecule is CC1(C)CCCN(C(=O)c2cc(F)ccc2S(=O)(=O)Cl)C1. The van der Waals surface area contributed by atoms with Crippen molar-refractivity contribution in [2.75, 3.05) is 13.1 Å². The Hall–Kier alpha value is -1.14. The maximum atomic E-state index is 13.4. The summed E-state index contributed by atoms with van der Waals surface area (Å²) in [5.41, 5.74) is -0.246. The zero-order valence-corrected chi connectivity index (χ0v) is 13.5. The summed E-state index contributed by atoms with van der Waals surface area (Å²) >= 11 is 0. The smallest absolute Gasteiger partial charge is 0.262 e. The number of rotatable bonds is 2. The molecule has 0 atom stereocenters. The molecule has 0 spiro atoms. The lowest BCUT2D eigenvalue weighted by Crippen LogP contribution is -2.43. The third-order valence-electron chi connectivity index (χ3n) is 3.62. The molecule has 0 aliphatic carbocycles. The van der Waals surface area contributed by atoms with Crippen molar-refractivity contribution in [2.24, 2.45) is 5.41 Å². The minimum Gasteiger partial charge on any atom is -0.338 e. The van der Waals surface area contributed by atoms with Gasteiger partial charge >= 0.3 is 0 Å². The van der Waals surface area contributed by atoms with Gasteiger partial charge in [-0.05, 0) is 36.5 Å². The van der Waals surface area contributed by atoms with Gasteiger partial charge in [-0.3, -0.25) is 4.79 Å². The van der Waals surface area contributed by atoms with E-state index in [-0.39, 0.29) is 15.9 Å². The van der Waals surface area contributed by atoms with E-state index in [1.165, 1.54) is 0 Å². The van der Waals surface area contributed by atoms with Crippen molar-refractivity contribution in [2.45, 2.75) is 31.6 Å². The van der Waals surface area contributed by atoms with Crippen molar-refractivity contribution in [3.63, 3.8) is 0 Å². The molecule has 1 aliphatic rings. The van der Waals surface area contributed by atoms with Crippen molar-refractivity contribution < 1.29 is 17.6 Å². The zero-order chi connectivity index (χ0) is 15.8. The molecule has 116 valence electrons. The first-order chi connectivity index (χ1) is 9.60. The second-order valence-electron chi connectivity index (χ2n) is 6.07. The van der Waals surface area contributed by atoms with Crippen LogP contribution in [0.15, 0.2) is 23.1 Å². The summed E-state index contributed by atoms with van der Waals surface area (Å²) in [4.78, 5) is 13.8. The first-order valence-corrected chi connectivity index (χ1v) is 8.95. The van der Waals surface area contributed by atoms with Gasteiger partial charge in [-0.1, -0.05) is 13.8 Å². The lowest BCUT2D eigenvalue weighted by atomic mass is 9.84. The van der Waals surface area contributed by atoms with E-state index in [2.05, 4.69) is 0 Å². The van der Waals surface area contributed by atoms with E-state index < -0.39 is 20.8 Å². The van der Waals surface area contributed by atoms with Gasteiger partial charge in [0.15, 0.2) is 0 Å². The van der Waals surface area contributed by atoms with Crippen LogP contribution < -0.4 is 0 Å². The third-order valence-corrected chi connectivity index (χ3v) is 5.00. The molecule has 4 nitrogen and oxygen atoms in total. The van der Waals surface area contributed by atoms with Gasteiger partial charge in [0.1, 0.15) is 5.82 Å². The van der Waals surface area contributed by atoms with Crippen molar-refractivity contribution in [3.8, 4) is 0 Å². The van der Waals surface area contributed by atoms with Crippen molar-refractivity contribution in [1.82, 2.24) is 4.90 Å². The summed E-state index contributed by atoms with van der Waals surface area (Å²) in [5.74, 6) is -1.17. The number of carbonyl (C=O) groups excluding carboxylic acids is 1. The minimum atomic E-state index is -4.10. The van der Waals surface area contributed by atoms with Crippen LogP contribution in [0.1, 0.15) is 37.0 Å². The molecular formula is C14H17ClFNO3S. The maximum Gasteiger partial charge on any atom is 0.262 e. The number of carbonyl (C=O) groups is 1. The van der Waals surface area contributed by atoms with Gasteiger partial charge in [-0.25, -0.2) is 12.8 Å². The normalized spacial score (nSPS) is 18.6. The molecule has 2 rings (SSSR count). The van der Waals surface area contributed by atoms with Gasteiger partial charge in [0.25, 0.3) is 15.0 Å². The molecule has 1 amide bonds. The molecule has 1 heterocycles. The van der Waals surface area contributed by atoms with E-state index in [1.807, 2.05) is 13.8 Å². The number of nitrogens with zero attached hydrogens (tertiary/aromatic N) is 1. The van der Waals surface area contributed by atoms with Crippen LogP contribution >= 0.6 is 10.7 Å². The van der Waals surface area contributed by atoms with Crippen LogP contribution in [0.2, 0.25) is 0 Å². The fourth-order valence-electron chi connectivity index (χ4n) is 2.65. The maximum absolute atomic E-state index is 13.4. The number of likely N-dealkylation sites (tertiary alicyclic amines) is 1. The Morgan fingerprint density at radius 3 is 2.62 bits per heavy atom. The second kappa shape index (κ2) is 5.57. The topological polar surface area (TPSA) is 54.5 Å². The van der Waals surface area contributed by atoms with Crippen LogP contribution in [-0.4, -0.2) is 32.3 Å². The molecule has 1 aromatic carbocycles. The molecule has 1 saturated heterocycles. The van der Waals surface area contributed by atoms with Gasteiger partial charge < -0.3 is 4.90 Å². The summed E-state index contributed by atoms with van der Waals surface area (Å²) < 4.78 is 36.5. The number of hydrogen-bond acceptors (Lipinski definition) is 3. The molecule has 1 aliphatic heterocycles. The zero-order valence-electron chi connectivity index (χ0n) is 11.9. The van der Waals surface area contributed by atoms with E-state index in [0.29, 0.717) is 13.1 Å². The van der Waals surface area contributed by atoms with Crippen molar-refractivity contribution in [1.29, 1.82) is 0 Å². The Bertz CT molecular complexity index is 673. The van der Waals surface area contributed by atoms with Crippen molar-refractivity contribution in [3.05, 3.63) is 29.6 Å². The largest absolute Gasteiger partial charge is 0.338 e. The number of halogens is 2. The Kier molecular flexibility index (Phi) is 4.31. The van der Waals surface area contributed by atoms with Crippen LogP contribution in [0.5, 0.6) is 0 Å². The Balaban J connectivity index is 2.41. The Labute approximate surface area is 128 Å². The summed E-state index contributed by atoms with van der Waals surface area (Å²) in [5, 5.41) is 0. The fourth-order valence-corrected chi connectivity index (χ4v) is 3.69. The molecule has 0 bridgehead atoms. The van der Waals surface area contributed by atoms with Crippen LogP contribution in [0, 0.1) is 11.2 Å². The van der Waals surface area contributed by atoms with Crippen LogP contribution in [0.25, 0.3) is 0 Å². The van der Waals surface area contributed by atoms with Gasteiger partial charge in [-0.15, -0.1) is 0 Å². The van der Waals surface area contributed by atoms with Gasteiger partial charge in [0.05, 0.1) is 10.5 Å². The standard InChI is InChI=1S/C14H17ClFNO3S/c1-14(2)6-3-7-17(9-14)13(18)11-8-10(16)4-5-12(11)21(15,19)20/h4-5,8H,3,6-7,9H2,1-2H3. The molecule has 0 aromatic heterocycles. The molecule has 0 N–H and O–H groups in total. The van der Waals surface area contributed by atoms with E-state index in [4.69, 9.17) is 10.7 Å². The first-order valence-electron chi connectivity index (χ1n) is 6.64. The lowest BCUT2D eigenvalue weighted by molar-refractivity contribution is 0.0579. The first kappa shape index (κ1) is 16.2. The molecule has 1 aromatic rings. The summed E-state index contributed by atoms with van der Waals surface area (Å²) in [7, 11) is 1.23. The predicted molar refractivity (Wildman–Crippen MR) is 78.4 cm³/mol. The number of amides is 1. The van der Waals surface area contributed by atoms with Gasteiger partial charge in [0, 0.05) is 23.8 Å². The number of benzene rings is 1. The predicted octanol–water partition coefficient (Wildman–Crippen LogP) is 3.02. The molecule has 0 radical (unpaired) electrons. The summed E-state index contributed by atoms with van der Waals surface area (Å²) in [6.07, 6.45) is 1.82. The van der Waals surface area contributed by atoms with Gasteiger partial charge in [0.2, 0.25) is 0 Å². The number of hydrogen-bond donors (Lipinski definition) is 0. The monoisotopic (exact) mass is 333 g/mol. The second-order valence-corrected chi connectivity index (χ2v) is 8.61. The molecule has 7 heteroatoms. The van der Waals surface area contributed by atoms with E-state index in [1.54, 1.807) is 4.90 Å². The molecule has 1 fully saturated rings. The highest BCUT2D eigenvalue weighted by atomic mass is 35.7. The Morgan fingerprint density at radius 1 is 1.38 bits per heavy atom. The minimum absolute atomic E-state index is 0.0404. The highest BCUT2D eigenvalue weighted by molar-refractivity contribution is 8.13. The average molecular weight is 334 g/mol. The van der Waals surface area contributed by atoms with E-state index in [9.17, 15) is 17.6 Å². The van der Waals surface area contributed by atoms with Crippen LogP contribution in [0.3, 0.4) is 0 Å². The van der Waals surface area contributed by atoms with E-state index in [0.717, 1.165) is 31.0 Å². The quantitative estimate of drug-likeness (QED) is 0.782. The Morgan fingerprint density at radius 2 is 2.05 bits per heavy atom. The molecule has 0 saturated carbocycles. The highest BCUT2D eigenvalue weighted by Gasteiger charge is 2.32. The van der Waals surface area contributed by atoms with Crippen LogP contribution in [0.4, 0.5) is 4.39 Å².